The summed E-state index contributed by atoms with van der Waals surface area (Å²) in [5.41, 5.74) is 1.25. The van der Waals surface area contributed by atoms with Crippen LogP contribution in [0.5, 0.6) is 0 Å². The molecular formula is C13H11IN2O2S. The third kappa shape index (κ3) is 3.19. The van der Waals surface area contributed by atoms with Gasteiger partial charge in [0.15, 0.2) is 10.9 Å². The highest BCUT2D eigenvalue weighted by Crippen LogP contribution is 2.24. The summed E-state index contributed by atoms with van der Waals surface area (Å²) < 4.78 is 0.873. The van der Waals surface area contributed by atoms with Crippen LogP contribution in [0.3, 0.4) is 0 Å². The zero-order chi connectivity index (χ0) is 14.0. The maximum Gasteiger partial charge on any atom is 0.258 e. The van der Waals surface area contributed by atoms with Gasteiger partial charge in [0.1, 0.15) is 0 Å². The average molecular weight is 386 g/mol. The summed E-state index contributed by atoms with van der Waals surface area (Å²) in [6.45, 7) is 3.25. The minimum atomic E-state index is -0.214. The van der Waals surface area contributed by atoms with Crippen LogP contribution in [0.4, 0.5) is 5.13 Å². The van der Waals surface area contributed by atoms with E-state index in [4.69, 9.17) is 0 Å². The number of aryl methyl sites for hydroxylation is 1. The quantitative estimate of drug-likeness (QED) is 0.649. The van der Waals surface area contributed by atoms with Crippen molar-refractivity contribution >= 4 is 50.7 Å². The molecule has 6 heteroatoms. The van der Waals surface area contributed by atoms with E-state index in [0.717, 1.165) is 3.57 Å². The van der Waals surface area contributed by atoms with E-state index in [2.05, 4.69) is 32.9 Å². The number of nitrogens with one attached hydrogen (secondary N) is 1. The minimum absolute atomic E-state index is 0.0372. The van der Waals surface area contributed by atoms with E-state index >= 15 is 0 Å². The van der Waals surface area contributed by atoms with Crippen molar-refractivity contribution in [3.63, 3.8) is 0 Å². The minimum Gasteiger partial charge on any atom is -0.298 e. The summed E-state index contributed by atoms with van der Waals surface area (Å²) >= 11 is 3.31. The molecule has 1 amide bonds. The predicted octanol–water partition coefficient (Wildman–Crippen LogP) is 3.51. The Balaban J connectivity index is 2.22. The molecule has 1 heterocycles. The van der Waals surface area contributed by atoms with Gasteiger partial charge >= 0.3 is 0 Å². The lowest BCUT2D eigenvalue weighted by atomic mass is 10.2. The lowest BCUT2D eigenvalue weighted by molar-refractivity contribution is 0.101. The Morgan fingerprint density at radius 1 is 1.32 bits per heavy atom. The van der Waals surface area contributed by atoms with E-state index in [1.165, 1.54) is 18.3 Å². The van der Waals surface area contributed by atoms with Crippen LogP contribution < -0.4 is 5.32 Å². The van der Waals surface area contributed by atoms with Gasteiger partial charge in [0.2, 0.25) is 0 Å². The molecule has 0 aliphatic heterocycles. The molecule has 0 bridgehead atoms. The molecular weight excluding hydrogens is 375 g/mol. The van der Waals surface area contributed by atoms with Crippen molar-refractivity contribution in [1.82, 2.24) is 4.98 Å². The Kier molecular flexibility index (Phi) is 4.31. The smallest absolute Gasteiger partial charge is 0.258 e. The molecule has 1 aromatic carbocycles. The summed E-state index contributed by atoms with van der Waals surface area (Å²) in [5, 5.41) is 3.18. The van der Waals surface area contributed by atoms with Gasteiger partial charge in [-0.05, 0) is 41.6 Å². The molecule has 0 saturated carbocycles. The molecule has 4 nitrogen and oxygen atoms in total. The van der Waals surface area contributed by atoms with Crippen molar-refractivity contribution in [3.8, 4) is 0 Å². The standard InChI is InChI=1S/C13H11IN2O2S/c1-7-11(8(2)17)19-13(15-7)16-12(18)9-5-3-4-6-10(9)14/h3-6H,1-2H3,(H,15,16,18). The van der Waals surface area contributed by atoms with Crippen molar-refractivity contribution < 1.29 is 9.59 Å². The van der Waals surface area contributed by atoms with Crippen LogP contribution in [0.25, 0.3) is 0 Å². The molecule has 0 fully saturated rings. The topological polar surface area (TPSA) is 59.1 Å². The fourth-order valence-electron chi connectivity index (χ4n) is 1.59. The van der Waals surface area contributed by atoms with Gasteiger partial charge in [-0.1, -0.05) is 23.5 Å². The van der Waals surface area contributed by atoms with Gasteiger partial charge < -0.3 is 0 Å². The van der Waals surface area contributed by atoms with Crippen molar-refractivity contribution in [2.75, 3.05) is 5.32 Å². The molecule has 19 heavy (non-hydrogen) atoms. The number of aromatic nitrogens is 1. The van der Waals surface area contributed by atoms with E-state index in [1.807, 2.05) is 18.2 Å². The Labute approximate surface area is 128 Å². The van der Waals surface area contributed by atoms with Gasteiger partial charge in [0, 0.05) is 10.5 Å². The number of carbonyl (C=O) groups is 2. The molecule has 0 aliphatic carbocycles. The van der Waals surface area contributed by atoms with Gasteiger partial charge in [-0.15, -0.1) is 0 Å². The number of rotatable bonds is 3. The fourth-order valence-corrected chi connectivity index (χ4v) is 3.08. The Morgan fingerprint density at radius 2 is 2.00 bits per heavy atom. The zero-order valence-electron chi connectivity index (χ0n) is 10.4. The van der Waals surface area contributed by atoms with Crippen molar-refractivity contribution in [3.05, 3.63) is 44.0 Å². The monoisotopic (exact) mass is 386 g/mol. The van der Waals surface area contributed by atoms with Crippen LogP contribution in [0.2, 0.25) is 0 Å². The molecule has 0 unspecified atom stereocenters. The lowest BCUT2D eigenvalue weighted by Crippen LogP contribution is -2.13. The second-order valence-corrected chi connectivity index (χ2v) is 6.08. The predicted molar refractivity (Wildman–Crippen MR) is 84.0 cm³/mol. The number of carbonyl (C=O) groups excluding carboxylic acids is 2. The lowest BCUT2D eigenvalue weighted by Gasteiger charge is -2.03. The summed E-state index contributed by atoms with van der Waals surface area (Å²) in [5.74, 6) is -0.251. The molecule has 0 atom stereocenters. The van der Waals surface area contributed by atoms with Crippen LogP contribution >= 0.6 is 33.9 Å². The van der Waals surface area contributed by atoms with E-state index in [-0.39, 0.29) is 11.7 Å². The van der Waals surface area contributed by atoms with Gasteiger partial charge in [0.25, 0.3) is 5.91 Å². The van der Waals surface area contributed by atoms with E-state index in [0.29, 0.717) is 21.3 Å². The van der Waals surface area contributed by atoms with Crippen molar-refractivity contribution in [1.29, 1.82) is 0 Å². The number of hydrogen-bond acceptors (Lipinski definition) is 4. The molecule has 1 N–H and O–H groups in total. The molecule has 1 aromatic heterocycles. The second-order valence-electron chi connectivity index (χ2n) is 3.92. The van der Waals surface area contributed by atoms with Gasteiger partial charge in [-0.25, -0.2) is 4.98 Å². The normalized spacial score (nSPS) is 10.3. The molecule has 0 saturated heterocycles. The Morgan fingerprint density at radius 3 is 2.58 bits per heavy atom. The maximum atomic E-state index is 12.1. The van der Waals surface area contributed by atoms with Crippen LogP contribution in [0, 0.1) is 10.5 Å². The van der Waals surface area contributed by atoms with E-state index in [9.17, 15) is 9.59 Å². The number of anilines is 1. The summed E-state index contributed by atoms with van der Waals surface area (Å²) in [6.07, 6.45) is 0. The summed E-state index contributed by atoms with van der Waals surface area (Å²) in [4.78, 5) is 28.2. The van der Waals surface area contributed by atoms with Crippen LogP contribution in [0.1, 0.15) is 32.6 Å². The first-order valence-corrected chi connectivity index (χ1v) is 7.43. The largest absolute Gasteiger partial charge is 0.298 e. The number of amides is 1. The number of halogens is 1. The number of benzene rings is 1. The number of thiazole rings is 1. The van der Waals surface area contributed by atoms with Crippen molar-refractivity contribution in [2.45, 2.75) is 13.8 Å². The third-order valence-corrected chi connectivity index (χ3v) is 4.57. The van der Waals surface area contributed by atoms with E-state index in [1.54, 1.807) is 13.0 Å². The SMILES string of the molecule is CC(=O)c1sc(NC(=O)c2ccccc2I)nc1C. The molecule has 98 valence electrons. The maximum absolute atomic E-state index is 12.1. The first kappa shape index (κ1) is 14.1. The Bertz CT molecular complexity index is 652. The van der Waals surface area contributed by atoms with Crippen LogP contribution in [0.15, 0.2) is 24.3 Å². The molecule has 0 radical (unpaired) electrons. The number of Topliss-reactive ketones (excluding diaryl/α,β-unsaturated/α-hetero) is 1. The molecule has 2 rings (SSSR count). The zero-order valence-corrected chi connectivity index (χ0v) is 13.3. The highest BCUT2D eigenvalue weighted by molar-refractivity contribution is 14.1. The fraction of sp³-hybridized carbons (Fsp3) is 0.154. The van der Waals surface area contributed by atoms with Gasteiger partial charge in [-0.2, -0.15) is 0 Å². The average Bonchev–Trinajstić information content (AvgIpc) is 2.70. The van der Waals surface area contributed by atoms with E-state index < -0.39 is 0 Å². The molecule has 0 aliphatic rings. The second kappa shape index (κ2) is 5.79. The first-order chi connectivity index (χ1) is 8.99. The van der Waals surface area contributed by atoms with Crippen LogP contribution in [-0.4, -0.2) is 16.7 Å². The number of hydrogen-bond donors (Lipinski definition) is 1. The summed E-state index contributed by atoms with van der Waals surface area (Å²) in [6, 6.07) is 7.30. The summed E-state index contributed by atoms with van der Waals surface area (Å²) in [7, 11) is 0. The first-order valence-electron chi connectivity index (χ1n) is 5.53. The number of ketones is 1. The Hall–Kier alpha value is -1.28. The molecule has 0 spiro atoms. The van der Waals surface area contributed by atoms with Gasteiger partial charge in [0.05, 0.1) is 16.1 Å². The molecule has 2 aromatic rings. The van der Waals surface area contributed by atoms with Crippen LogP contribution in [-0.2, 0) is 0 Å². The highest BCUT2D eigenvalue weighted by Gasteiger charge is 2.15. The number of nitrogens with zero attached hydrogens (tertiary/aromatic N) is 1. The van der Waals surface area contributed by atoms with Crippen molar-refractivity contribution in [2.24, 2.45) is 0 Å². The third-order valence-electron chi connectivity index (χ3n) is 2.46. The van der Waals surface area contributed by atoms with Gasteiger partial charge in [-0.3, -0.25) is 14.9 Å². The highest BCUT2D eigenvalue weighted by atomic mass is 127.